The van der Waals surface area contributed by atoms with Gasteiger partial charge in [0.1, 0.15) is 0 Å². The number of carbonyl (C=O) groups excluding carboxylic acids is 1. The lowest BCUT2D eigenvalue weighted by Gasteiger charge is -2.25. The molecule has 0 bridgehead atoms. The van der Waals surface area contributed by atoms with Crippen LogP contribution in [0.5, 0.6) is 0 Å². The van der Waals surface area contributed by atoms with Crippen LogP contribution in [0.25, 0.3) is 11.1 Å². The van der Waals surface area contributed by atoms with Crippen molar-refractivity contribution in [3.05, 3.63) is 114 Å². The van der Waals surface area contributed by atoms with Gasteiger partial charge in [0.2, 0.25) is 0 Å². The fourth-order valence-corrected chi connectivity index (χ4v) is 4.05. The van der Waals surface area contributed by atoms with Gasteiger partial charge in [-0.2, -0.15) is 0 Å². The summed E-state index contributed by atoms with van der Waals surface area (Å²) in [5.74, 6) is 0.105. The third kappa shape index (κ3) is 3.25. The van der Waals surface area contributed by atoms with Crippen molar-refractivity contribution in [3.8, 4) is 11.1 Å². The number of carbonyl (C=O) groups is 1. The number of rotatable bonds is 4. The summed E-state index contributed by atoms with van der Waals surface area (Å²) in [6, 6.07) is 35.5. The molecule has 0 spiro atoms. The van der Waals surface area contributed by atoms with Crippen LogP contribution in [0.15, 0.2) is 103 Å². The minimum atomic E-state index is 0.105. The third-order valence-electron chi connectivity index (χ3n) is 5.58. The molecule has 0 radical (unpaired) electrons. The zero-order valence-electron chi connectivity index (χ0n) is 16.8. The molecule has 30 heavy (non-hydrogen) atoms. The second-order valence-corrected chi connectivity index (χ2v) is 7.59. The lowest BCUT2D eigenvalue weighted by Crippen LogP contribution is -2.17. The molecule has 0 saturated carbocycles. The van der Waals surface area contributed by atoms with Gasteiger partial charge in [-0.25, -0.2) is 0 Å². The number of nitrogens with zero attached hydrogens (tertiary/aromatic N) is 2. The molecule has 1 heterocycles. The molecule has 5 rings (SSSR count). The van der Waals surface area contributed by atoms with Crippen LogP contribution in [0.2, 0.25) is 0 Å². The Morgan fingerprint density at radius 1 is 0.667 bits per heavy atom. The van der Waals surface area contributed by atoms with E-state index in [0.717, 1.165) is 39.3 Å². The molecule has 1 aliphatic rings. The topological polar surface area (TPSA) is 23.6 Å². The van der Waals surface area contributed by atoms with Gasteiger partial charge in [-0.1, -0.05) is 54.6 Å². The van der Waals surface area contributed by atoms with Crippen molar-refractivity contribution in [2.24, 2.45) is 0 Å². The van der Waals surface area contributed by atoms with Gasteiger partial charge in [0.05, 0.1) is 0 Å². The number of anilines is 3. The van der Waals surface area contributed by atoms with E-state index in [4.69, 9.17) is 0 Å². The highest BCUT2D eigenvalue weighted by Gasteiger charge is 2.24. The second kappa shape index (κ2) is 7.53. The van der Waals surface area contributed by atoms with Crippen LogP contribution < -0.4 is 4.90 Å². The Bertz CT molecular complexity index is 1150. The van der Waals surface area contributed by atoms with E-state index in [9.17, 15) is 4.79 Å². The molecule has 3 heteroatoms. The van der Waals surface area contributed by atoms with Crippen LogP contribution in [0, 0.1) is 0 Å². The highest BCUT2D eigenvalue weighted by atomic mass is 16.2. The van der Waals surface area contributed by atoms with Gasteiger partial charge in [-0.05, 0) is 65.2 Å². The van der Waals surface area contributed by atoms with Gasteiger partial charge >= 0.3 is 0 Å². The number of benzene rings is 4. The molecule has 0 unspecified atom stereocenters. The first kappa shape index (κ1) is 18.2. The first-order valence-corrected chi connectivity index (χ1v) is 10.1. The fourth-order valence-electron chi connectivity index (χ4n) is 4.05. The van der Waals surface area contributed by atoms with Crippen LogP contribution in [0.1, 0.15) is 15.9 Å². The quantitative estimate of drug-likeness (QED) is 0.402. The standard InChI is InChI=1S/C27H22N2O/c1-28-19-22-18-21(14-17-26(22)27(28)30)20-12-15-25(16-13-20)29(23-8-4-2-5-9-23)24-10-6-3-7-11-24/h2-18H,19H2,1H3. The predicted molar refractivity (Wildman–Crippen MR) is 122 cm³/mol. The van der Waals surface area contributed by atoms with Crippen molar-refractivity contribution in [2.75, 3.05) is 11.9 Å². The average Bonchev–Trinajstić information content (AvgIpc) is 3.09. The molecule has 0 aromatic heterocycles. The van der Waals surface area contributed by atoms with Crippen molar-refractivity contribution in [1.29, 1.82) is 0 Å². The van der Waals surface area contributed by atoms with Gasteiger partial charge in [0, 0.05) is 36.2 Å². The van der Waals surface area contributed by atoms with E-state index in [1.165, 1.54) is 0 Å². The Morgan fingerprint density at radius 3 is 1.80 bits per heavy atom. The predicted octanol–water partition coefficient (Wildman–Crippen LogP) is 6.41. The zero-order chi connectivity index (χ0) is 20.5. The summed E-state index contributed by atoms with van der Waals surface area (Å²) in [6.07, 6.45) is 0. The number of hydrogen-bond acceptors (Lipinski definition) is 2. The van der Waals surface area contributed by atoms with Crippen LogP contribution in [-0.4, -0.2) is 17.9 Å². The van der Waals surface area contributed by atoms with Gasteiger partial charge < -0.3 is 9.80 Å². The fraction of sp³-hybridized carbons (Fsp3) is 0.0741. The van der Waals surface area contributed by atoms with Crippen LogP contribution in [0.3, 0.4) is 0 Å². The largest absolute Gasteiger partial charge is 0.337 e. The Balaban J connectivity index is 1.51. The maximum atomic E-state index is 12.2. The van der Waals surface area contributed by atoms with Crippen LogP contribution in [-0.2, 0) is 6.54 Å². The summed E-state index contributed by atoms with van der Waals surface area (Å²) >= 11 is 0. The van der Waals surface area contributed by atoms with Crippen LogP contribution in [0.4, 0.5) is 17.1 Å². The van der Waals surface area contributed by atoms with E-state index in [-0.39, 0.29) is 5.91 Å². The Hall–Kier alpha value is -3.85. The summed E-state index contributed by atoms with van der Waals surface area (Å²) in [5.41, 5.74) is 7.54. The molecule has 1 amide bonds. The van der Waals surface area contributed by atoms with E-state index in [1.807, 2.05) is 31.3 Å². The summed E-state index contributed by atoms with van der Waals surface area (Å²) < 4.78 is 0. The van der Waals surface area contributed by atoms with Crippen molar-refractivity contribution in [2.45, 2.75) is 6.54 Å². The van der Waals surface area contributed by atoms with Crippen molar-refractivity contribution in [3.63, 3.8) is 0 Å². The maximum absolute atomic E-state index is 12.2. The van der Waals surface area contributed by atoms with Crippen LogP contribution >= 0.6 is 0 Å². The van der Waals surface area contributed by atoms with Gasteiger partial charge in [0.15, 0.2) is 0 Å². The molecule has 0 aliphatic carbocycles. The summed E-state index contributed by atoms with van der Waals surface area (Å²) in [5, 5.41) is 0. The molecule has 0 atom stereocenters. The molecule has 1 aliphatic heterocycles. The molecule has 0 saturated heterocycles. The minimum Gasteiger partial charge on any atom is -0.337 e. The van der Waals surface area contributed by atoms with Gasteiger partial charge in [-0.3, -0.25) is 4.79 Å². The van der Waals surface area contributed by atoms with Crippen molar-refractivity contribution in [1.82, 2.24) is 4.90 Å². The summed E-state index contributed by atoms with van der Waals surface area (Å²) in [7, 11) is 1.85. The van der Waals surface area contributed by atoms with Crippen molar-refractivity contribution < 1.29 is 4.79 Å². The zero-order valence-corrected chi connectivity index (χ0v) is 16.8. The average molecular weight is 390 g/mol. The number of para-hydroxylation sites is 2. The Kier molecular flexibility index (Phi) is 4.56. The second-order valence-electron chi connectivity index (χ2n) is 7.59. The highest BCUT2D eigenvalue weighted by Crippen LogP contribution is 2.35. The smallest absolute Gasteiger partial charge is 0.254 e. The monoisotopic (exact) mass is 390 g/mol. The highest BCUT2D eigenvalue weighted by molar-refractivity contribution is 5.98. The minimum absolute atomic E-state index is 0.105. The molecule has 3 nitrogen and oxygen atoms in total. The first-order chi connectivity index (χ1) is 14.7. The molecule has 0 fully saturated rings. The Labute approximate surface area is 176 Å². The molecule has 4 aromatic carbocycles. The van der Waals surface area contributed by atoms with Crippen molar-refractivity contribution >= 4 is 23.0 Å². The van der Waals surface area contributed by atoms with Gasteiger partial charge in [-0.15, -0.1) is 0 Å². The summed E-state index contributed by atoms with van der Waals surface area (Å²) in [6.45, 7) is 0.676. The van der Waals surface area contributed by atoms with E-state index >= 15 is 0 Å². The number of hydrogen-bond donors (Lipinski definition) is 0. The summed E-state index contributed by atoms with van der Waals surface area (Å²) in [4.78, 5) is 16.2. The van der Waals surface area contributed by atoms with E-state index in [2.05, 4.69) is 83.8 Å². The number of fused-ring (bicyclic) bond motifs is 1. The SMILES string of the molecule is CN1Cc2cc(-c3ccc(N(c4ccccc4)c4ccccc4)cc3)ccc2C1=O. The maximum Gasteiger partial charge on any atom is 0.254 e. The molecule has 0 N–H and O–H groups in total. The molecular weight excluding hydrogens is 368 g/mol. The Morgan fingerprint density at radius 2 is 1.20 bits per heavy atom. The number of amides is 1. The van der Waals surface area contributed by atoms with E-state index in [0.29, 0.717) is 6.54 Å². The normalized spacial score (nSPS) is 12.7. The molecule has 4 aromatic rings. The lowest BCUT2D eigenvalue weighted by molar-refractivity contribution is 0.0816. The van der Waals surface area contributed by atoms with E-state index < -0.39 is 0 Å². The van der Waals surface area contributed by atoms with E-state index in [1.54, 1.807) is 4.90 Å². The third-order valence-corrected chi connectivity index (χ3v) is 5.58. The first-order valence-electron chi connectivity index (χ1n) is 10.1. The van der Waals surface area contributed by atoms with Gasteiger partial charge in [0.25, 0.3) is 5.91 Å². The lowest BCUT2D eigenvalue weighted by atomic mass is 10.00. The molecule has 146 valence electrons. The molecular formula is C27H22N2O.